The lowest BCUT2D eigenvalue weighted by Gasteiger charge is -2.28. The number of piperidine rings is 1. The second-order valence-electron chi connectivity index (χ2n) is 4.92. The van der Waals surface area contributed by atoms with Gasteiger partial charge in [0.15, 0.2) is 0 Å². The van der Waals surface area contributed by atoms with Crippen molar-refractivity contribution in [3.05, 3.63) is 21.3 Å². The first-order valence-electron chi connectivity index (χ1n) is 6.37. The van der Waals surface area contributed by atoms with Crippen LogP contribution in [0.25, 0.3) is 0 Å². The van der Waals surface area contributed by atoms with Gasteiger partial charge in [-0.05, 0) is 64.0 Å². The first kappa shape index (κ1) is 13.3. The molecule has 4 heteroatoms. The van der Waals surface area contributed by atoms with Gasteiger partial charge in [-0.15, -0.1) is 11.3 Å². The summed E-state index contributed by atoms with van der Waals surface area (Å²) in [5, 5.41) is 3.51. The lowest BCUT2D eigenvalue weighted by atomic mass is 9.94. The summed E-state index contributed by atoms with van der Waals surface area (Å²) in [7, 11) is 2.22. The van der Waals surface area contributed by atoms with Crippen molar-refractivity contribution in [3.63, 3.8) is 0 Å². The first-order chi connectivity index (χ1) is 8.24. The van der Waals surface area contributed by atoms with Gasteiger partial charge in [0.05, 0.1) is 4.34 Å². The average Bonchev–Trinajstić information content (AvgIpc) is 2.73. The van der Waals surface area contributed by atoms with E-state index in [-0.39, 0.29) is 0 Å². The summed E-state index contributed by atoms with van der Waals surface area (Å²) >= 11 is 7.57. The van der Waals surface area contributed by atoms with E-state index in [1.807, 2.05) is 6.07 Å². The maximum absolute atomic E-state index is 5.89. The van der Waals surface area contributed by atoms with Gasteiger partial charge in [-0.2, -0.15) is 0 Å². The van der Waals surface area contributed by atoms with E-state index in [4.69, 9.17) is 11.6 Å². The van der Waals surface area contributed by atoms with E-state index in [2.05, 4.69) is 23.3 Å². The third-order valence-corrected chi connectivity index (χ3v) is 4.73. The van der Waals surface area contributed by atoms with Crippen molar-refractivity contribution in [2.24, 2.45) is 5.92 Å². The van der Waals surface area contributed by atoms with Crippen LogP contribution in [0.1, 0.15) is 24.1 Å². The van der Waals surface area contributed by atoms with Crippen LogP contribution in [0.2, 0.25) is 4.34 Å². The molecule has 0 aromatic carbocycles. The smallest absolute Gasteiger partial charge is 0.0931 e. The molecule has 96 valence electrons. The monoisotopic (exact) mass is 272 g/mol. The molecule has 1 aliphatic heterocycles. The van der Waals surface area contributed by atoms with Crippen molar-refractivity contribution in [1.82, 2.24) is 10.2 Å². The minimum absolute atomic E-state index is 0.886. The Morgan fingerprint density at radius 3 is 2.82 bits per heavy atom. The first-order valence-corrected chi connectivity index (χ1v) is 7.57. The highest BCUT2D eigenvalue weighted by Gasteiger charge is 2.15. The number of rotatable bonds is 5. The minimum atomic E-state index is 0.886. The van der Waals surface area contributed by atoms with Gasteiger partial charge in [0.25, 0.3) is 0 Å². The SMILES string of the molecule is CN1CCC(CCNCc2ccc(Cl)s2)CC1. The van der Waals surface area contributed by atoms with Crippen molar-refractivity contribution in [1.29, 1.82) is 0 Å². The molecule has 17 heavy (non-hydrogen) atoms. The van der Waals surface area contributed by atoms with Crippen molar-refractivity contribution in [2.75, 3.05) is 26.7 Å². The Labute approximate surface area is 113 Å². The summed E-state index contributed by atoms with van der Waals surface area (Å²) in [6.07, 6.45) is 4.04. The van der Waals surface area contributed by atoms with Crippen LogP contribution in [0.4, 0.5) is 0 Å². The zero-order chi connectivity index (χ0) is 12.1. The Bertz CT molecular complexity index is 332. The summed E-state index contributed by atoms with van der Waals surface area (Å²) in [6, 6.07) is 4.08. The fourth-order valence-corrected chi connectivity index (χ4v) is 3.37. The van der Waals surface area contributed by atoms with Gasteiger partial charge in [0, 0.05) is 11.4 Å². The molecule has 1 aromatic heterocycles. The van der Waals surface area contributed by atoms with E-state index < -0.39 is 0 Å². The average molecular weight is 273 g/mol. The Kier molecular flexibility index (Phi) is 5.29. The van der Waals surface area contributed by atoms with Gasteiger partial charge >= 0.3 is 0 Å². The second kappa shape index (κ2) is 6.74. The highest BCUT2D eigenvalue weighted by Crippen LogP contribution is 2.21. The predicted octanol–water partition coefficient (Wildman–Crippen LogP) is 3.22. The Hall–Kier alpha value is -0.0900. The lowest BCUT2D eigenvalue weighted by molar-refractivity contribution is 0.211. The molecule has 1 saturated heterocycles. The molecular formula is C13H21ClN2S. The van der Waals surface area contributed by atoms with E-state index in [9.17, 15) is 0 Å². The summed E-state index contributed by atoms with van der Waals surface area (Å²) in [5.41, 5.74) is 0. The highest BCUT2D eigenvalue weighted by atomic mass is 35.5. The molecule has 2 heterocycles. The van der Waals surface area contributed by atoms with E-state index in [1.165, 1.54) is 37.2 Å². The van der Waals surface area contributed by atoms with Crippen molar-refractivity contribution >= 4 is 22.9 Å². The molecule has 2 nitrogen and oxygen atoms in total. The summed E-state index contributed by atoms with van der Waals surface area (Å²) in [5.74, 6) is 0.922. The van der Waals surface area contributed by atoms with Gasteiger partial charge in [-0.3, -0.25) is 0 Å². The standard InChI is InChI=1S/C13H21ClN2S/c1-16-8-5-11(6-9-16)4-7-15-10-12-2-3-13(14)17-12/h2-3,11,15H,4-10H2,1H3. The maximum Gasteiger partial charge on any atom is 0.0931 e. The predicted molar refractivity (Wildman–Crippen MR) is 75.9 cm³/mol. The molecule has 1 aliphatic rings. The van der Waals surface area contributed by atoms with Gasteiger partial charge in [0.2, 0.25) is 0 Å². The molecule has 0 spiro atoms. The molecule has 0 amide bonds. The van der Waals surface area contributed by atoms with E-state index in [0.717, 1.165) is 23.3 Å². The van der Waals surface area contributed by atoms with Crippen LogP contribution in [0, 0.1) is 5.92 Å². The molecule has 1 aromatic rings. The number of halogens is 1. The van der Waals surface area contributed by atoms with Crippen LogP contribution in [0.5, 0.6) is 0 Å². The number of thiophene rings is 1. The van der Waals surface area contributed by atoms with Crippen molar-refractivity contribution < 1.29 is 0 Å². The molecule has 1 fully saturated rings. The van der Waals surface area contributed by atoms with Gasteiger partial charge in [-0.1, -0.05) is 11.6 Å². The van der Waals surface area contributed by atoms with Crippen LogP contribution in [0.3, 0.4) is 0 Å². The summed E-state index contributed by atoms with van der Waals surface area (Å²) < 4.78 is 0.886. The van der Waals surface area contributed by atoms with Crippen LogP contribution < -0.4 is 5.32 Å². The molecule has 1 N–H and O–H groups in total. The quantitative estimate of drug-likeness (QED) is 0.828. The number of nitrogens with one attached hydrogen (secondary N) is 1. The Morgan fingerprint density at radius 2 is 2.18 bits per heavy atom. The van der Waals surface area contributed by atoms with Gasteiger partial charge < -0.3 is 10.2 Å². The van der Waals surface area contributed by atoms with E-state index in [0.29, 0.717) is 0 Å². The normalized spacial score (nSPS) is 18.7. The molecule has 2 rings (SSSR count). The zero-order valence-electron chi connectivity index (χ0n) is 10.4. The van der Waals surface area contributed by atoms with E-state index >= 15 is 0 Å². The van der Waals surface area contributed by atoms with Crippen molar-refractivity contribution in [2.45, 2.75) is 25.8 Å². The van der Waals surface area contributed by atoms with Crippen LogP contribution >= 0.6 is 22.9 Å². The summed E-state index contributed by atoms with van der Waals surface area (Å²) in [4.78, 5) is 3.76. The number of hydrogen-bond donors (Lipinski definition) is 1. The Balaban J connectivity index is 1.57. The zero-order valence-corrected chi connectivity index (χ0v) is 12.0. The molecule has 0 unspecified atom stereocenters. The fraction of sp³-hybridized carbons (Fsp3) is 0.692. The summed E-state index contributed by atoms with van der Waals surface area (Å²) in [6.45, 7) is 4.63. The third-order valence-electron chi connectivity index (χ3n) is 3.50. The van der Waals surface area contributed by atoms with Gasteiger partial charge in [-0.25, -0.2) is 0 Å². The third kappa shape index (κ3) is 4.59. The minimum Gasteiger partial charge on any atom is -0.312 e. The maximum atomic E-state index is 5.89. The van der Waals surface area contributed by atoms with Crippen LogP contribution in [0.15, 0.2) is 12.1 Å². The number of likely N-dealkylation sites (tertiary alicyclic amines) is 1. The van der Waals surface area contributed by atoms with Crippen LogP contribution in [-0.4, -0.2) is 31.6 Å². The lowest BCUT2D eigenvalue weighted by Crippen LogP contribution is -2.31. The number of hydrogen-bond acceptors (Lipinski definition) is 3. The number of nitrogens with zero attached hydrogens (tertiary/aromatic N) is 1. The molecule has 0 atom stereocenters. The second-order valence-corrected chi connectivity index (χ2v) is 6.72. The molecule has 0 radical (unpaired) electrons. The van der Waals surface area contributed by atoms with Crippen molar-refractivity contribution in [3.8, 4) is 0 Å². The molecule has 0 aliphatic carbocycles. The van der Waals surface area contributed by atoms with E-state index in [1.54, 1.807) is 11.3 Å². The molecular weight excluding hydrogens is 252 g/mol. The fourth-order valence-electron chi connectivity index (χ4n) is 2.32. The highest BCUT2D eigenvalue weighted by molar-refractivity contribution is 7.16. The largest absolute Gasteiger partial charge is 0.312 e. The van der Waals surface area contributed by atoms with Gasteiger partial charge in [0.1, 0.15) is 0 Å². The Morgan fingerprint density at radius 1 is 1.41 bits per heavy atom. The van der Waals surface area contributed by atoms with Crippen LogP contribution in [-0.2, 0) is 6.54 Å². The topological polar surface area (TPSA) is 15.3 Å². The molecule has 0 saturated carbocycles. The molecule has 0 bridgehead atoms.